The summed E-state index contributed by atoms with van der Waals surface area (Å²) in [5, 5.41) is 25.9. The van der Waals surface area contributed by atoms with E-state index in [4.69, 9.17) is 5.11 Å². The van der Waals surface area contributed by atoms with Gasteiger partial charge in [-0.1, -0.05) is 18.1 Å². The van der Waals surface area contributed by atoms with E-state index in [-0.39, 0.29) is 24.2 Å². The van der Waals surface area contributed by atoms with Crippen molar-refractivity contribution in [3.8, 4) is 0 Å². The number of hydrogen-bond acceptors (Lipinski definition) is 5. The highest BCUT2D eigenvalue weighted by atomic mass is 16.4. The molecule has 1 aliphatic rings. The van der Waals surface area contributed by atoms with Gasteiger partial charge in [-0.05, 0) is 12.8 Å². The lowest BCUT2D eigenvalue weighted by Gasteiger charge is -2.34. The highest BCUT2D eigenvalue weighted by Crippen LogP contribution is 2.23. The first-order valence-corrected chi connectivity index (χ1v) is 6.56. The summed E-state index contributed by atoms with van der Waals surface area (Å²) in [5.74, 6) is -1.41. The molecule has 20 heavy (non-hydrogen) atoms. The number of amides is 1. The third-order valence-corrected chi connectivity index (χ3v) is 3.57. The fourth-order valence-electron chi connectivity index (χ4n) is 2.49. The first kappa shape index (κ1) is 14.4. The molecule has 0 saturated heterocycles. The standard InChI is InChI=1S/C12H18N4O4/c1-15(9-4-2-3-5-10(9)17)12(20)8-6-16(14-13-8)7-11(18)19/h6,9-10,17H,2-5,7H2,1H3,(H,18,19). The van der Waals surface area contributed by atoms with Crippen LogP contribution in [0.2, 0.25) is 0 Å². The number of likely N-dealkylation sites (N-methyl/N-ethyl adjacent to an activating group) is 1. The molecule has 110 valence electrons. The summed E-state index contributed by atoms with van der Waals surface area (Å²) >= 11 is 0. The molecule has 8 nitrogen and oxygen atoms in total. The topological polar surface area (TPSA) is 109 Å². The number of carboxylic acids is 1. The van der Waals surface area contributed by atoms with Crippen LogP contribution < -0.4 is 0 Å². The Kier molecular flexibility index (Phi) is 4.33. The van der Waals surface area contributed by atoms with E-state index in [1.165, 1.54) is 11.1 Å². The zero-order valence-electron chi connectivity index (χ0n) is 11.3. The summed E-state index contributed by atoms with van der Waals surface area (Å²) in [6, 6.07) is -0.221. The molecule has 0 radical (unpaired) electrons. The Morgan fingerprint density at radius 3 is 2.80 bits per heavy atom. The van der Waals surface area contributed by atoms with E-state index in [1.807, 2.05) is 0 Å². The van der Waals surface area contributed by atoms with Crippen LogP contribution in [-0.4, -0.2) is 61.2 Å². The highest BCUT2D eigenvalue weighted by Gasteiger charge is 2.30. The number of carboxylic acid groups (broad SMARTS) is 1. The van der Waals surface area contributed by atoms with E-state index in [2.05, 4.69) is 10.3 Å². The van der Waals surface area contributed by atoms with Crippen molar-refractivity contribution in [2.75, 3.05) is 7.05 Å². The minimum absolute atomic E-state index is 0.0894. The monoisotopic (exact) mass is 282 g/mol. The summed E-state index contributed by atoms with van der Waals surface area (Å²) in [7, 11) is 1.62. The third-order valence-electron chi connectivity index (χ3n) is 3.57. The summed E-state index contributed by atoms with van der Waals surface area (Å²) in [5.41, 5.74) is 0.0894. The second kappa shape index (κ2) is 6.00. The third kappa shape index (κ3) is 3.13. The van der Waals surface area contributed by atoms with Crippen molar-refractivity contribution in [2.45, 2.75) is 44.4 Å². The molecule has 0 aromatic carbocycles. The molecule has 1 amide bonds. The highest BCUT2D eigenvalue weighted by molar-refractivity contribution is 5.92. The Morgan fingerprint density at radius 1 is 1.45 bits per heavy atom. The summed E-state index contributed by atoms with van der Waals surface area (Å²) in [6.07, 6.45) is 4.18. The van der Waals surface area contributed by atoms with Gasteiger partial charge in [-0.3, -0.25) is 9.59 Å². The minimum atomic E-state index is -1.05. The molecule has 2 N–H and O–H groups in total. The van der Waals surface area contributed by atoms with E-state index >= 15 is 0 Å². The van der Waals surface area contributed by atoms with Gasteiger partial charge in [0.05, 0.1) is 18.3 Å². The van der Waals surface area contributed by atoms with Gasteiger partial charge in [0.1, 0.15) is 6.54 Å². The molecule has 2 unspecified atom stereocenters. The number of aliphatic hydroxyl groups excluding tert-OH is 1. The van der Waals surface area contributed by atoms with Gasteiger partial charge in [-0.2, -0.15) is 0 Å². The maximum atomic E-state index is 12.2. The fourth-order valence-corrected chi connectivity index (χ4v) is 2.49. The van der Waals surface area contributed by atoms with Gasteiger partial charge in [-0.25, -0.2) is 4.68 Å². The smallest absolute Gasteiger partial charge is 0.325 e. The van der Waals surface area contributed by atoms with Crippen LogP contribution in [-0.2, 0) is 11.3 Å². The van der Waals surface area contributed by atoms with Gasteiger partial charge in [0.2, 0.25) is 0 Å². The molecule has 1 aliphatic carbocycles. The molecule has 1 aromatic heterocycles. The van der Waals surface area contributed by atoms with Gasteiger partial charge in [0.25, 0.3) is 5.91 Å². The molecule has 2 atom stereocenters. The second-order valence-electron chi connectivity index (χ2n) is 5.03. The SMILES string of the molecule is CN(C(=O)c1cn(CC(=O)O)nn1)C1CCCCC1O. The van der Waals surface area contributed by atoms with Crippen molar-refractivity contribution in [3.63, 3.8) is 0 Å². The fraction of sp³-hybridized carbons (Fsp3) is 0.667. The van der Waals surface area contributed by atoms with Gasteiger partial charge in [-0.15, -0.1) is 5.10 Å². The predicted octanol–water partition coefficient (Wildman–Crippen LogP) is -0.262. The Balaban J connectivity index is 2.06. The molecule has 1 aromatic rings. The molecule has 0 bridgehead atoms. The van der Waals surface area contributed by atoms with Gasteiger partial charge < -0.3 is 15.1 Å². The molecule has 2 rings (SSSR count). The molecule has 1 saturated carbocycles. The lowest BCUT2D eigenvalue weighted by molar-refractivity contribution is -0.137. The number of aromatic nitrogens is 3. The first-order valence-electron chi connectivity index (χ1n) is 6.56. The number of aliphatic hydroxyl groups is 1. The van der Waals surface area contributed by atoms with Gasteiger partial charge >= 0.3 is 5.97 Å². The molecule has 1 fully saturated rings. The molecule has 1 heterocycles. The summed E-state index contributed by atoms with van der Waals surface area (Å²) in [4.78, 5) is 24.3. The lowest BCUT2D eigenvalue weighted by atomic mass is 9.91. The van der Waals surface area contributed by atoms with E-state index in [9.17, 15) is 14.7 Å². The Hall–Kier alpha value is -1.96. The zero-order valence-corrected chi connectivity index (χ0v) is 11.3. The van der Waals surface area contributed by atoms with Crippen molar-refractivity contribution in [1.82, 2.24) is 19.9 Å². The Bertz CT molecular complexity index is 501. The van der Waals surface area contributed by atoms with Crippen LogP contribution in [0.15, 0.2) is 6.20 Å². The second-order valence-corrected chi connectivity index (χ2v) is 5.03. The molecular weight excluding hydrogens is 264 g/mol. The van der Waals surface area contributed by atoms with Crippen LogP contribution in [0.3, 0.4) is 0 Å². The average Bonchev–Trinajstić information content (AvgIpc) is 2.85. The molecule has 8 heteroatoms. The van der Waals surface area contributed by atoms with Gasteiger partial charge in [0.15, 0.2) is 5.69 Å². The number of carbonyl (C=O) groups is 2. The lowest BCUT2D eigenvalue weighted by Crippen LogP contribution is -2.46. The van der Waals surface area contributed by atoms with Crippen molar-refractivity contribution >= 4 is 11.9 Å². The number of nitrogens with zero attached hydrogens (tertiary/aromatic N) is 4. The number of rotatable bonds is 4. The van der Waals surface area contributed by atoms with Crippen molar-refractivity contribution < 1.29 is 19.8 Å². The molecular formula is C12H18N4O4. The van der Waals surface area contributed by atoms with Crippen molar-refractivity contribution in [2.24, 2.45) is 0 Å². The minimum Gasteiger partial charge on any atom is -0.480 e. The van der Waals surface area contributed by atoms with Crippen LogP contribution in [0, 0.1) is 0 Å². The quantitative estimate of drug-likeness (QED) is 0.787. The van der Waals surface area contributed by atoms with E-state index in [0.717, 1.165) is 23.9 Å². The maximum absolute atomic E-state index is 12.2. The van der Waals surface area contributed by atoms with Crippen molar-refractivity contribution in [3.05, 3.63) is 11.9 Å². The Morgan fingerprint density at radius 2 is 2.15 bits per heavy atom. The summed E-state index contributed by atoms with van der Waals surface area (Å²) in [6.45, 7) is -0.337. The maximum Gasteiger partial charge on any atom is 0.325 e. The predicted molar refractivity (Wildman–Crippen MR) is 68.0 cm³/mol. The van der Waals surface area contributed by atoms with E-state index in [0.29, 0.717) is 6.42 Å². The number of carbonyl (C=O) groups excluding carboxylic acids is 1. The largest absolute Gasteiger partial charge is 0.480 e. The van der Waals surface area contributed by atoms with Crippen LogP contribution >= 0.6 is 0 Å². The van der Waals surface area contributed by atoms with E-state index < -0.39 is 12.1 Å². The van der Waals surface area contributed by atoms with Gasteiger partial charge in [0, 0.05) is 7.05 Å². The van der Waals surface area contributed by atoms with Crippen LogP contribution in [0.25, 0.3) is 0 Å². The molecule has 0 aliphatic heterocycles. The first-order chi connectivity index (χ1) is 9.49. The average molecular weight is 282 g/mol. The number of hydrogen-bond donors (Lipinski definition) is 2. The van der Waals surface area contributed by atoms with Crippen LogP contribution in [0.5, 0.6) is 0 Å². The number of aliphatic carboxylic acids is 1. The zero-order chi connectivity index (χ0) is 14.7. The summed E-state index contributed by atoms with van der Waals surface area (Å²) < 4.78 is 1.10. The molecule has 0 spiro atoms. The van der Waals surface area contributed by atoms with E-state index in [1.54, 1.807) is 7.05 Å². The Labute approximate surface area is 116 Å². The normalized spacial score (nSPS) is 22.5. The van der Waals surface area contributed by atoms with Crippen LogP contribution in [0.4, 0.5) is 0 Å². The van der Waals surface area contributed by atoms with Crippen molar-refractivity contribution in [1.29, 1.82) is 0 Å². The van der Waals surface area contributed by atoms with Crippen LogP contribution in [0.1, 0.15) is 36.2 Å².